The highest BCUT2D eigenvalue weighted by molar-refractivity contribution is 6.09. The van der Waals surface area contributed by atoms with Crippen LogP contribution in [0.4, 0.5) is 10.1 Å². The Morgan fingerprint density at radius 3 is 2.35 bits per heavy atom. The minimum absolute atomic E-state index is 0. The molecule has 0 saturated carbocycles. The van der Waals surface area contributed by atoms with Crippen molar-refractivity contribution in [3.63, 3.8) is 0 Å². The molecule has 88 valence electrons. The van der Waals surface area contributed by atoms with Gasteiger partial charge in [0.15, 0.2) is 5.78 Å². The van der Waals surface area contributed by atoms with Gasteiger partial charge < -0.3 is 5.73 Å². The predicted molar refractivity (Wildman–Crippen MR) is 67.9 cm³/mol. The van der Waals surface area contributed by atoms with E-state index in [-0.39, 0.29) is 23.8 Å². The van der Waals surface area contributed by atoms with Crippen molar-refractivity contribution in [1.82, 2.24) is 0 Å². The van der Waals surface area contributed by atoms with Gasteiger partial charge in [-0.3, -0.25) is 4.79 Å². The van der Waals surface area contributed by atoms with Gasteiger partial charge in [0.25, 0.3) is 0 Å². The number of halogens is 2. The SMILES string of the molecule is Cl.Nc1ccc(F)c(C(=O)c2ccccc2)c1. The zero-order chi connectivity index (χ0) is 11.5. The van der Waals surface area contributed by atoms with Crippen molar-refractivity contribution < 1.29 is 9.18 Å². The Balaban J connectivity index is 0.00000144. The van der Waals surface area contributed by atoms with Gasteiger partial charge in [-0.1, -0.05) is 30.3 Å². The molecule has 0 amide bonds. The molecule has 0 radical (unpaired) electrons. The van der Waals surface area contributed by atoms with Crippen molar-refractivity contribution in [2.45, 2.75) is 0 Å². The molecule has 0 aliphatic rings. The first kappa shape index (κ1) is 13.2. The number of benzene rings is 2. The van der Waals surface area contributed by atoms with Gasteiger partial charge in [-0.2, -0.15) is 0 Å². The van der Waals surface area contributed by atoms with Crippen LogP contribution in [0.1, 0.15) is 15.9 Å². The Bertz CT molecular complexity index is 528. The van der Waals surface area contributed by atoms with Gasteiger partial charge in [-0.05, 0) is 18.2 Å². The second kappa shape index (κ2) is 5.46. The first-order chi connectivity index (χ1) is 7.68. The van der Waals surface area contributed by atoms with Crippen LogP contribution in [-0.2, 0) is 0 Å². The molecule has 0 spiro atoms. The van der Waals surface area contributed by atoms with Crippen LogP contribution >= 0.6 is 12.4 Å². The molecule has 0 unspecified atom stereocenters. The van der Waals surface area contributed by atoms with E-state index in [1.165, 1.54) is 18.2 Å². The largest absolute Gasteiger partial charge is 0.399 e. The lowest BCUT2D eigenvalue weighted by Gasteiger charge is -2.03. The lowest BCUT2D eigenvalue weighted by atomic mass is 10.0. The lowest BCUT2D eigenvalue weighted by molar-refractivity contribution is 0.103. The quantitative estimate of drug-likeness (QED) is 0.658. The van der Waals surface area contributed by atoms with Crippen LogP contribution in [0, 0.1) is 5.82 Å². The van der Waals surface area contributed by atoms with Gasteiger partial charge in [-0.15, -0.1) is 12.4 Å². The molecule has 0 atom stereocenters. The number of carbonyl (C=O) groups excluding carboxylic acids is 1. The average molecular weight is 252 g/mol. The molecule has 2 rings (SSSR count). The summed E-state index contributed by atoms with van der Waals surface area (Å²) in [6.07, 6.45) is 0. The van der Waals surface area contributed by atoms with Crippen LogP contribution in [0.2, 0.25) is 0 Å². The summed E-state index contributed by atoms with van der Waals surface area (Å²) in [4.78, 5) is 11.9. The van der Waals surface area contributed by atoms with E-state index in [9.17, 15) is 9.18 Å². The number of nitrogens with two attached hydrogens (primary N) is 1. The predicted octanol–water partition coefficient (Wildman–Crippen LogP) is 3.06. The molecule has 17 heavy (non-hydrogen) atoms. The van der Waals surface area contributed by atoms with Crippen LogP contribution in [0.25, 0.3) is 0 Å². The molecule has 0 fully saturated rings. The lowest BCUT2D eigenvalue weighted by Crippen LogP contribution is -2.04. The smallest absolute Gasteiger partial charge is 0.196 e. The first-order valence-corrected chi connectivity index (χ1v) is 4.83. The summed E-state index contributed by atoms with van der Waals surface area (Å²) in [5.41, 5.74) is 6.36. The second-order valence-corrected chi connectivity index (χ2v) is 3.43. The molecular formula is C13H11ClFNO. The molecule has 2 aromatic carbocycles. The average Bonchev–Trinajstić information content (AvgIpc) is 2.32. The molecule has 0 aliphatic heterocycles. The van der Waals surface area contributed by atoms with Crippen molar-refractivity contribution in [2.24, 2.45) is 0 Å². The second-order valence-electron chi connectivity index (χ2n) is 3.43. The summed E-state index contributed by atoms with van der Waals surface area (Å²) in [6, 6.07) is 12.5. The maximum Gasteiger partial charge on any atom is 0.196 e. The number of carbonyl (C=O) groups is 1. The van der Waals surface area contributed by atoms with Gasteiger partial charge in [0.2, 0.25) is 0 Å². The fourth-order valence-electron chi connectivity index (χ4n) is 1.46. The number of hydrogen-bond acceptors (Lipinski definition) is 2. The first-order valence-electron chi connectivity index (χ1n) is 4.83. The van der Waals surface area contributed by atoms with E-state index >= 15 is 0 Å². The summed E-state index contributed by atoms with van der Waals surface area (Å²) >= 11 is 0. The molecule has 0 aliphatic carbocycles. The third-order valence-corrected chi connectivity index (χ3v) is 2.27. The van der Waals surface area contributed by atoms with Crippen LogP contribution in [0.15, 0.2) is 48.5 Å². The zero-order valence-electron chi connectivity index (χ0n) is 8.89. The van der Waals surface area contributed by atoms with Gasteiger partial charge >= 0.3 is 0 Å². The number of hydrogen-bond donors (Lipinski definition) is 1. The van der Waals surface area contributed by atoms with Gasteiger partial charge in [0.05, 0.1) is 5.56 Å². The van der Waals surface area contributed by atoms with Crippen molar-refractivity contribution in [3.05, 3.63) is 65.5 Å². The molecule has 0 saturated heterocycles. The van der Waals surface area contributed by atoms with E-state index in [0.29, 0.717) is 11.3 Å². The number of nitrogen functional groups attached to an aromatic ring is 1. The maximum absolute atomic E-state index is 13.4. The van der Waals surface area contributed by atoms with Gasteiger partial charge in [0.1, 0.15) is 5.82 Å². The highest BCUT2D eigenvalue weighted by Gasteiger charge is 2.13. The standard InChI is InChI=1S/C13H10FNO.ClH/c14-12-7-6-10(15)8-11(12)13(16)9-4-2-1-3-5-9;/h1-8H,15H2;1H. The van der Waals surface area contributed by atoms with Crippen molar-refractivity contribution in [3.8, 4) is 0 Å². The van der Waals surface area contributed by atoms with Crippen LogP contribution in [0.3, 0.4) is 0 Å². The molecule has 4 heteroatoms. The highest BCUT2D eigenvalue weighted by Crippen LogP contribution is 2.16. The normalized spacial score (nSPS) is 9.47. The number of ketones is 1. The Morgan fingerprint density at radius 2 is 1.71 bits per heavy atom. The third kappa shape index (κ3) is 2.82. The Hall–Kier alpha value is -1.87. The van der Waals surface area contributed by atoms with Crippen molar-refractivity contribution in [2.75, 3.05) is 5.73 Å². The van der Waals surface area contributed by atoms with E-state index in [1.807, 2.05) is 0 Å². The number of rotatable bonds is 2. The molecular weight excluding hydrogens is 241 g/mol. The highest BCUT2D eigenvalue weighted by atomic mass is 35.5. The Morgan fingerprint density at radius 1 is 1.06 bits per heavy atom. The maximum atomic E-state index is 13.4. The van der Waals surface area contributed by atoms with Crippen molar-refractivity contribution in [1.29, 1.82) is 0 Å². The summed E-state index contributed by atoms with van der Waals surface area (Å²) in [7, 11) is 0. The molecule has 2 aromatic rings. The van der Waals surface area contributed by atoms with E-state index in [1.54, 1.807) is 30.3 Å². The van der Waals surface area contributed by atoms with Gasteiger partial charge in [0, 0.05) is 11.3 Å². The summed E-state index contributed by atoms with van der Waals surface area (Å²) in [5.74, 6) is -0.909. The minimum Gasteiger partial charge on any atom is -0.399 e. The third-order valence-electron chi connectivity index (χ3n) is 2.27. The molecule has 0 heterocycles. The molecule has 2 N–H and O–H groups in total. The van der Waals surface area contributed by atoms with Gasteiger partial charge in [-0.25, -0.2) is 4.39 Å². The van der Waals surface area contributed by atoms with E-state index in [4.69, 9.17) is 5.73 Å². The summed E-state index contributed by atoms with van der Waals surface area (Å²) in [6.45, 7) is 0. The summed E-state index contributed by atoms with van der Waals surface area (Å²) in [5, 5.41) is 0. The minimum atomic E-state index is -0.553. The monoisotopic (exact) mass is 251 g/mol. The van der Waals surface area contributed by atoms with Crippen LogP contribution < -0.4 is 5.73 Å². The van der Waals surface area contributed by atoms with Crippen molar-refractivity contribution >= 4 is 23.9 Å². The van der Waals surface area contributed by atoms with E-state index in [2.05, 4.69) is 0 Å². The Labute approximate surface area is 105 Å². The summed E-state index contributed by atoms with van der Waals surface area (Å²) < 4.78 is 13.4. The molecule has 0 bridgehead atoms. The Kier molecular flexibility index (Phi) is 4.24. The zero-order valence-corrected chi connectivity index (χ0v) is 9.71. The van der Waals surface area contributed by atoms with E-state index < -0.39 is 5.82 Å². The fourth-order valence-corrected chi connectivity index (χ4v) is 1.46. The topological polar surface area (TPSA) is 43.1 Å². The number of anilines is 1. The van der Waals surface area contributed by atoms with Crippen LogP contribution in [-0.4, -0.2) is 5.78 Å². The fraction of sp³-hybridized carbons (Fsp3) is 0. The molecule has 2 nitrogen and oxygen atoms in total. The van der Waals surface area contributed by atoms with E-state index in [0.717, 1.165) is 0 Å². The van der Waals surface area contributed by atoms with Crippen LogP contribution in [0.5, 0.6) is 0 Å². The molecule has 0 aromatic heterocycles.